The van der Waals surface area contributed by atoms with E-state index in [2.05, 4.69) is 143 Å². The number of aromatic nitrogens is 4. The van der Waals surface area contributed by atoms with Crippen molar-refractivity contribution in [3.8, 4) is 10.4 Å². The summed E-state index contributed by atoms with van der Waals surface area (Å²) in [4.78, 5) is 10.2. The van der Waals surface area contributed by atoms with Gasteiger partial charge in [-0.15, -0.1) is 0 Å². The minimum atomic E-state index is -2.27. The number of anilines is 1. The maximum Gasteiger partial charge on any atom is 0.192 e. The maximum absolute atomic E-state index is 7.36. The maximum atomic E-state index is 7.36. The lowest BCUT2D eigenvalue weighted by molar-refractivity contribution is -0.0244. The Bertz CT molecular complexity index is 1700. The zero-order valence-corrected chi connectivity index (χ0v) is 35.3. The van der Waals surface area contributed by atoms with Crippen LogP contribution in [0, 0.1) is 10.5 Å². The highest BCUT2D eigenvalue weighted by Gasteiger charge is 2.54. The van der Waals surface area contributed by atoms with Crippen LogP contribution in [0.15, 0.2) is 42.9 Å². The first-order chi connectivity index (χ1) is 21.8. The van der Waals surface area contributed by atoms with Crippen LogP contribution < -0.4 is 5.73 Å². The molecule has 0 spiro atoms. The average Bonchev–Trinajstić information content (AvgIpc) is 3.61. The number of benzene rings is 1. The van der Waals surface area contributed by atoms with E-state index in [-0.39, 0.29) is 28.4 Å². The largest absolute Gasteiger partial charge is 0.408 e. The van der Waals surface area contributed by atoms with Gasteiger partial charge >= 0.3 is 0 Å². The summed E-state index contributed by atoms with van der Waals surface area (Å²) in [6.45, 7) is 25.1. The number of halogens is 1. The van der Waals surface area contributed by atoms with E-state index in [9.17, 15) is 0 Å². The molecule has 4 aromatic rings. The van der Waals surface area contributed by atoms with Crippen molar-refractivity contribution in [1.82, 2.24) is 18.9 Å². The molecule has 1 aliphatic rings. The highest BCUT2D eigenvalue weighted by atomic mass is 127. The fourth-order valence-electron chi connectivity index (χ4n) is 5.28. The Morgan fingerprint density at radius 2 is 1.60 bits per heavy atom. The summed E-state index contributed by atoms with van der Waals surface area (Å²) >= 11 is 5.78. The SMILES string of the molecule is Cc1nsc(-c2ccccc2)c1CSC[C@H]1O[C@@H](n2cc(I)c3c(N)ncnc32)[C@H](O[Si](C)(C)C(C)(C)C)[C@@H]1O[Si](C)(C)C(C)(C)C. The van der Waals surface area contributed by atoms with Gasteiger partial charge in [0.15, 0.2) is 22.9 Å². The Balaban J connectivity index is 1.54. The Morgan fingerprint density at radius 3 is 2.21 bits per heavy atom. The third-order valence-electron chi connectivity index (χ3n) is 10.2. The Kier molecular flexibility index (Phi) is 10.8. The fraction of sp³-hybridized carbons (Fsp3) is 0.559. The molecule has 0 amide bonds. The van der Waals surface area contributed by atoms with Crippen LogP contribution in [-0.2, 0) is 19.3 Å². The van der Waals surface area contributed by atoms with Gasteiger partial charge in [0.1, 0.15) is 30.0 Å². The molecule has 8 nitrogen and oxygen atoms in total. The number of ether oxygens (including phenoxy) is 1. The molecule has 3 aromatic heterocycles. The van der Waals surface area contributed by atoms with Gasteiger partial charge in [-0.3, -0.25) is 0 Å². The smallest absolute Gasteiger partial charge is 0.192 e. The number of nitrogen functional groups attached to an aromatic ring is 1. The molecule has 4 heterocycles. The van der Waals surface area contributed by atoms with Crippen LogP contribution in [0.1, 0.15) is 59.0 Å². The summed E-state index contributed by atoms with van der Waals surface area (Å²) < 4.78 is 29.7. The molecule has 1 fully saturated rings. The lowest BCUT2D eigenvalue weighted by atomic mass is 10.1. The summed E-state index contributed by atoms with van der Waals surface area (Å²) in [7, 11) is -4.50. The van der Waals surface area contributed by atoms with Gasteiger partial charge in [0.05, 0.1) is 22.1 Å². The van der Waals surface area contributed by atoms with Crippen molar-refractivity contribution in [3.05, 3.63) is 57.7 Å². The second kappa shape index (κ2) is 13.8. The molecule has 0 radical (unpaired) electrons. The Morgan fingerprint density at radius 1 is 0.979 bits per heavy atom. The first-order valence-electron chi connectivity index (χ1n) is 16.2. The van der Waals surface area contributed by atoms with Crippen molar-refractivity contribution >= 4 is 79.4 Å². The number of fused-ring (bicyclic) bond motifs is 1. The molecule has 0 unspecified atom stereocenters. The van der Waals surface area contributed by atoms with E-state index >= 15 is 0 Å². The highest BCUT2D eigenvalue weighted by molar-refractivity contribution is 14.1. The summed E-state index contributed by atoms with van der Waals surface area (Å²) in [5.74, 6) is 2.06. The normalized spacial score (nSPS) is 21.2. The van der Waals surface area contributed by atoms with Crippen molar-refractivity contribution < 1.29 is 13.6 Å². The van der Waals surface area contributed by atoms with Crippen LogP contribution in [0.25, 0.3) is 21.5 Å². The van der Waals surface area contributed by atoms with Crippen LogP contribution >= 0.6 is 45.9 Å². The number of thioether (sulfide) groups is 1. The van der Waals surface area contributed by atoms with Gasteiger partial charge in [0.2, 0.25) is 0 Å². The molecule has 1 aliphatic heterocycles. The van der Waals surface area contributed by atoms with Gasteiger partial charge in [0, 0.05) is 26.8 Å². The standard InChI is InChI=1S/C34H50IN5O3S2Si2/c1-21-23(29(45-39-21)22-15-13-12-14-16-22)18-44-19-25-27(42-46(8,9)33(2,3)4)28(43-47(10,11)34(5,6)7)32(41-25)40-17-24(35)26-30(36)37-20-38-31(26)40/h12-17,20,25,27-28,32H,18-19H2,1-11H3,(H2,36,37,38)/t25-,27-,28-,32-/m1/s1. The molecule has 0 bridgehead atoms. The molecular formula is C34H50IN5O3S2Si2. The van der Waals surface area contributed by atoms with Gasteiger partial charge in [-0.05, 0) is 82.9 Å². The van der Waals surface area contributed by atoms with Crippen LogP contribution in [0.2, 0.25) is 36.3 Å². The van der Waals surface area contributed by atoms with Crippen LogP contribution in [0.5, 0.6) is 0 Å². The minimum Gasteiger partial charge on any atom is -0.408 e. The van der Waals surface area contributed by atoms with E-state index < -0.39 is 22.9 Å². The number of nitrogens with two attached hydrogens (primary N) is 1. The quantitative estimate of drug-likeness (QED) is 0.125. The summed E-state index contributed by atoms with van der Waals surface area (Å²) in [6, 6.07) is 10.6. The summed E-state index contributed by atoms with van der Waals surface area (Å²) in [5.41, 5.74) is 10.7. The van der Waals surface area contributed by atoms with Gasteiger partial charge in [-0.1, -0.05) is 71.9 Å². The van der Waals surface area contributed by atoms with E-state index in [1.54, 1.807) is 11.5 Å². The van der Waals surface area contributed by atoms with Crippen LogP contribution in [0.3, 0.4) is 0 Å². The van der Waals surface area contributed by atoms with Crippen LogP contribution in [-0.4, -0.2) is 59.6 Å². The lowest BCUT2D eigenvalue weighted by Crippen LogP contribution is -2.53. The van der Waals surface area contributed by atoms with E-state index in [0.717, 1.165) is 31.8 Å². The first-order valence-corrected chi connectivity index (χ1v) is 25.0. The zero-order valence-electron chi connectivity index (χ0n) is 29.6. The summed E-state index contributed by atoms with van der Waals surface area (Å²) in [6.07, 6.45) is 2.38. The Hall–Kier alpha value is -1.34. The van der Waals surface area contributed by atoms with Crippen molar-refractivity contribution in [3.63, 3.8) is 0 Å². The van der Waals surface area contributed by atoms with Crippen molar-refractivity contribution in [2.45, 2.75) is 115 Å². The predicted octanol–water partition coefficient (Wildman–Crippen LogP) is 9.66. The number of hydrogen-bond donors (Lipinski definition) is 1. The lowest BCUT2D eigenvalue weighted by Gasteiger charge is -2.44. The van der Waals surface area contributed by atoms with Crippen molar-refractivity contribution in [2.24, 2.45) is 0 Å². The molecule has 0 saturated carbocycles. The number of hydrogen-bond acceptors (Lipinski definition) is 9. The van der Waals surface area contributed by atoms with Gasteiger partial charge in [0.25, 0.3) is 0 Å². The van der Waals surface area contributed by atoms with Crippen molar-refractivity contribution in [1.29, 1.82) is 0 Å². The third kappa shape index (κ3) is 7.57. The van der Waals surface area contributed by atoms with Gasteiger partial charge in [-0.25, -0.2) is 9.97 Å². The molecule has 256 valence electrons. The van der Waals surface area contributed by atoms with Gasteiger partial charge < -0.3 is 23.9 Å². The number of nitrogens with zero attached hydrogens (tertiary/aromatic N) is 4. The average molecular weight is 824 g/mol. The molecule has 4 atom stereocenters. The highest BCUT2D eigenvalue weighted by Crippen LogP contribution is 2.47. The topological polar surface area (TPSA) is 97.3 Å². The molecule has 0 aliphatic carbocycles. The Labute approximate surface area is 304 Å². The molecule has 1 saturated heterocycles. The fourth-order valence-corrected chi connectivity index (χ4v) is 10.9. The summed E-state index contributed by atoms with van der Waals surface area (Å²) in [5, 5.41) is 0.866. The van der Waals surface area contributed by atoms with E-state index in [1.807, 2.05) is 11.8 Å². The number of rotatable bonds is 10. The molecule has 47 heavy (non-hydrogen) atoms. The zero-order chi connectivity index (χ0) is 34.5. The molecule has 1 aromatic carbocycles. The first kappa shape index (κ1) is 36.9. The van der Waals surface area contributed by atoms with E-state index in [0.29, 0.717) is 5.82 Å². The minimum absolute atomic E-state index is 0.00298. The second-order valence-electron chi connectivity index (χ2n) is 15.5. The van der Waals surface area contributed by atoms with E-state index in [1.165, 1.54) is 22.3 Å². The van der Waals surface area contributed by atoms with Crippen molar-refractivity contribution in [2.75, 3.05) is 11.5 Å². The number of aryl methyl sites for hydroxylation is 1. The molecule has 5 rings (SSSR count). The molecule has 13 heteroatoms. The molecule has 2 N–H and O–H groups in total. The van der Waals surface area contributed by atoms with Crippen LogP contribution in [0.4, 0.5) is 5.82 Å². The second-order valence-corrected chi connectivity index (χ2v) is 28.0. The van der Waals surface area contributed by atoms with Gasteiger partial charge in [-0.2, -0.15) is 16.1 Å². The van der Waals surface area contributed by atoms with E-state index in [4.69, 9.17) is 28.7 Å². The molecular weight excluding hydrogens is 774 g/mol. The third-order valence-corrected chi connectivity index (χ3v) is 22.0. The monoisotopic (exact) mass is 823 g/mol. The predicted molar refractivity (Wildman–Crippen MR) is 211 cm³/mol.